The summed E-state index contributed by atoms with van der Waals surface area (Å²) in [5.74, 6) is -0.439. The van der Waals surface area contributed by atoms with Crippen LogP contribution in [0.1, 0.15) is 16.4 Å². The molecular weight excluding hydrogens is 451 g/mol. The molecule has 29 heavy (non-hydrogen) atoms. The molecule has 0 spiro atoms. The summed E-state index contributed by atoms with van der Waals surface area (Å²) in [6, 6.07) is 11.5. The van der Waals surface area contributed by atoms with Gasteiger partial charge in [0.25, 0.3) is 0 Å². The number of benzene rings is 1. The van der Waals surface area contributed by atoms with Crippen molar-refractivity contribution in [1.29, 1.82) is 0 Å². The lowest BCUT2D eigenvalue weighted by molar-refractivity contribution is -0.116. The molecule has 0 fully saturated rings. The lowest BCUT2D eigenvalue weighted by Crippen LogP contribution is -2.30. The second-order valence-electron chi connectivity index (χ2n) is 6.00. The van der Waals surface area contributed by atoms with Crippen LogP contribution in [0.25, 0.3) is 6.08 Å². The van der Waals surface area contributed by atoms with Crippen molar-refractivity contribution in [3.05, 3.63) is 87.5 Å². The number of rotatable bonds is 7. The highest BCUT2D eigenvalue weighted by atomic mass is 35.5. The number of carbonyl (C=O) groups excluding carboxylic acids is 1. The summed E-state index contributed by atoms with van der Waals surface area (Å²) >= 11 is 13.1. The Morgan fingerprint density at radius 1 is 1.21 bits per heavy atom. The van der Waals surface area contributed by atoms with Gasteiger partial charge in [0, 0.05) is 35.1 Å². The maximum absolute atomic E-state index is 13.0. The van der Waals surface area contributed by atoms with Crippen molar-refractivity contribution in [1.82, 2.24) is 10.3 Å². The normalized spacial score (nSPS) is 12.8. The van der Waals surface area contributed by atoms with E-state index in [1.54, 1.807) is 60.1 Å². The Labute approximate surface area is 182 Å². The molecule has 1 atom stereocenters. The fraction of sp³-hybridized carbons (Fsp3) is 0.100. The first kappa shape index (κ1) is 21.5. The molecule has 3 rings (SSSR count). The van der Waals surface area contributed by atoms with Crippen LogP contribution in [0.4, 0.5) is 0 Å². The molecule has 0 bridgehead atoms. The first-order chi connectivity index (χ1) is 13.9. The van der Waals surface area contributed by atoms with Gasteiger partial charge in [-0.2, -0.15) is 0 Å². The van der Waals surface area contributed by atoms with Crippen LogP contribution in [-0.2, 0) is 14.6 Å². The van der Waals surface area contributed by atoms with E-state index in [1.807, 2.05) is 0 Å². The van der Waals surface area contributed by atoms with Crippen molar-refractivity contribution in [2.24, 2.45) is 0 Å². The van der Waals surface area contributed by atoms with Crippen molar-refractivity contribution >= 4 is 56.4 Å². The third-order valence-electron chi connectivity index (χ3n) is 4.04. The summed E-state index contributed by atoms with van der Waals surface area (Å²) < 4.78 is 26.3. The van der Waals surface area contributed by atoms with Gasteiger partial charge in [-0.3, -0.25) is 9.78 Å². The van der Waals surface area contributed by atoms with Crippen molar-refractivity contribution < 1.29 is 13.2 Å². The molecule has 9 heteroatoms. The van der Waals surface area contributed by atoms with Gasteiger partial charge in [0.1, 0.15) is 9.46 Å². The van der Waals surface area contributed by atoms with E-state index >= 15 is 0 Å². The number of hydrogen-bond acceptors (Lipinski definition) is 5. The van der Waals surface area contributed by atoms with Crippen LogP contribution in [0, 0.1) is 0 Å². The van der Waals surface area contributed by atoms with E-state index in [0.717, 1.165) is 11.3 Å². The number of hydrogen-bond donors (Lipinski definition) is 1. The largest absolute Gasteiger partial charge is 0.351 e. The fourth-order valence-electron chi connectivity index (χ4n) is 2.59. The monoisotopic (exact) mass is 466 g/mol. The number of nitrogens with one attached hydrogen (secondary N) is 1. The number of sulfone groups is 1. The summed E-state index contributed by atoms with van der Waals surface area (Å²) in [5, 5.41) is 4.31. The van der Waals surface area contributed by atoms with Crippen LogP contribution < -0.4 is 5.32 Å². The van der Waals surface area contributed by atoms with Gasteiger partial charge in [0.2, 0.25) is 5.91 Å². The van der Waals surface area contributed by atoms with E-state index in [1.165, 1.54) is 12.3 Å². The zero-order valence-corrected chi connectivity index (χ0v) is 18.1. The minimum atomic E-state index is -3.68. The van der Waals surface area contributed by atoms with Gasteiger partial charge in [0.15, 0.2) is 9.84 Å². The Morgan fingerprint density at radius 3 is 2.69 bits per heavy atom. The van der Waals surface area contributed by atoms with E-state index in [-0.39, 0.29) is 10.8 Å². The van der Waals surface area contributed by atoms with Crippen LogP contribution in [0.2, 0.25) is 10.0 Å². The van der Waals surface area contributed by atoms with Crippen molar-refractivity contribution in [2.45, 2.75) is 9.46 Å². The average molecular weight is 467 g/mol. The predicted molar refractivity (Wildman–Crippen MR) is 117 cm³/mol. The lowest BCUT2D eigenvalue weighted by atomic mass is 10.2. The van der Waals surface area contributed by atoms with Gasteiger partial charge >= 0.3 is 0 Å². The topological polar surface area (TPSA) is 76.1 Å². The van der Waals surface area contributed by atoms with Gasteiger partial charge in [0.05, 0.1) is 0 Å². The molecule has 2 aromatic heterocycles. The van der Waals surface area contributed by atoms with Crippen LogP contribution >= 0.6 is 34.5 Å². The lowest BCUT2D eigenvalue weighted by Gasteiger charge is -2.17. The Balaban J connectivity index is 1.77. The smallest absolute Gasteiger partial charge is 0.244 e. The minimum absolute atomic E-state index is 0.0938. The molecule has 0 saturated carbocycles. The summed E-state index contributed by atoms with van der Waals surface area (Å²) in [6.07, 6.45) is 5.90. The molecule has 5 nitrogen and oxygen atoms in total. The Kier molecular flexibility index (Phi) is 7.08. The van der Waals surface area contributed by atoms with Crippen LogP contribution in [-0.4, -0.2) is 25.9 Å². The molecular formula is C20H16Cl2N2O3S2. The first-order valence-corrected chi connectivity index (χ1v) is 11.6. The molecule has 2 heterocycles. The predicted octanol–water partition coefficient (Wildman–Crippen LogP) is 4.79. The quantitative estimate of drug-likeness (QED) is 0.507. The number of halogens is 2. The molecule has 3 aromatic rings. The van der Waals surface area contributed by atoms with Crippen LogP contribution in [0.3, 0.4) is 0 Å². The SMILES string of the molecule is O=C(/C=C/c1ccc(Cl)cc1Cl)NCC(c1cccnc1)S(=O)(=O)c1cccs1. The first-order valence-electron chi connectivity index (χ1n) is 8.46. The molecule has 150 valence electrons. The zero-order valence-electron chi connectivity index (χ0n) is 15.0. The maximum atomic E-state index is 13.0. The third-order valence-corrected chi connectivity index (χ3v) is 8.14. The number of thiophene rings is 1. The molecule has 0 aliphatic carbocycles. The number of carbonyl (C=O) groups is 1. The summed E-state index contributed by atoms with van der Waals surface area (Å²) in [5.41, 5.74) is 1.13. The van der Waals surface area contributed by atoms with E-state index in [0.29, 0.717) is 21.2 Å². The van der Waals surface area contributed by atoms with Gasteiger partial charge in [-0.05, 0) is 46.8 Å². The van der Waals surface area contributed by atoms with Crippen molar-refractivity contribution in [3.8, 4) is 0 Å². The second kappa shape index (κ2) is 9.54. The van der Waals surface area contributed by atoms with Crippen LogP contribution in [0.5, 0.6) is 0 Å². The fourth-order valence-corrected chi connectivity index (χ4v) is 5.91. The van der Waals surface area contributed by atoms with Gasteiger partial charge in [-0.15, -0.1) is 11.3 Å². The van der Waals surface area contributed by atoms with E-state index in [9.17, 15) is 13.2 Å². The molecule has 0 aliphatic rings. The molecule has 1 N–H and O–H groups in total. The van der Waals surface area contributed by atoms with Crippen molar-refractivity contribution in [3.63, 3.8) is 0 Å². The molecule has 0 radical (unpaired) electrons. The highest BCUT2D eigenvalue weighted by Gasteiger charge is 2.30. The Hall–Kier alpha value is -2.19. The van der Waals surface area contributed by atoms with E-state index < -0.39 is 21.0 Å². The minimum Gasteiger partial charge on any atom is -0.351 e. The molecule has 0 aliphatic heterocycles. The second-order valence-corrected chi connectivity index (χ2v) is 10.1. The van der Waals surface area contributed by atoms with E-state index in [4.69, 9.17) is 23.2 Å². The standard InChI is InChI=1S/C20H16Cl2N2O3S2/c21-16-7-5-14(17(22)11-16)6-8-19(25)24-13-18(15-3-1-9-23-12-15)29(26,27)20-4-2-10-28-20/h1-12,18H,13H2,(H,24,25)/b8-6+. The summed E-state index contributed by atoms with van der Waals surface area (Å²) in [6.45, 7) is -0.0938. The number of amides is 1. The summed E-state index contributed by atoms with van der Waals surface area (Å²) in [7, 11) is -3.68. The van der Waals surface area contributed by atoms with E-state index in [2.05, 4.69) is 10.3 Å². The summed E-state index contributed by atoms with van der Waals surface area (Å²) in [4.78, 5) is 16.3. The van der Waals surface area contributed by atoms with Gasteiger partial charge in [-0.25, -0.2) is 8.42 Å². The Bertz CT molecular complexity index is 1120. The maximum Gasteiger partial charge on any atom is 0.244 e. The molecule has 1 unspecified atom stereocenters. The van der Waals surface area contributed by atoms with Crippen LogP contribution in [0.15, 0.2) is 70.5 Å². The Morgan fingerprint density at radius 2 is 2.03 bits per heavy atom. The van der Waals surface area contributed by atoms with Crippen molar-refractivity contribution in [2.75, 3.05) is 6.54 Å². The number of pyridine rings is 1. The van der Waals surface area contributed by atoms with Gasteiger partial charge in [-0.1, -0.05) is 41.4 Å². The highest BCUT2D eigenvalue weighted by molar-refractivity contribution is 7.93. The molecule has 0 saturated heterocycles. The highest BCUT2D eigenvalue weighted by Crippen LogP contribution is 2.30. The third kappa shape index (κ3) is 5.45. The number of aromatic nitrogens is 1. The van der Waals surface area contributed by atoms with Gasteiger partial charge < -0.3 is 5.32 Å². The average Bonchev–Trinajstić information content (AvgIpc) is 3.24. The molecule has 1 aromatic carbocycles. The molecule has 1 amide bonds. The zero-order chi connectivity index (χ0) is 20.9. The number of nitrogens with zero attached hydrogens (tertiary/aromatic N) is 1.